The number of hydrogen-bond acceptors (Lipinski definition) is 9. The van der Waals surface area contributed by atoms with E-state index in [0.717, 1.165) is 56.8 Å². The van der Waals surface area contributed by atoms with E-state index >= 15 is 0 Å². The Bertz CT molecular complexity index is 2190. The van der Waals surface area contributed by atoms with Crippen LogP contribution in [0.25, 0.3) is 5.57 Å². The second-order valence-corrected chi connectivity index (χ2v) is 15.1. The molecule has 0 heterocycles. The summed E-state index contributed by atoms with van der Waals surface area (Å²) in [4.78, 5) is 2.52. The van der Waals surface area contributed by atoms with E-state index < -0.39 is 20.2 Å². The van der Waals surface area contributed by atoms with Crippen LogP contribution in [0.1, 0.15) is 36.1 Å². The fourth-order valence-corrected chi connectivity index (χ4v) is 7.19. The van der Waals surface area contributed by atoms with Crippen LogP contribution in [0.15, 0.2) is 142 Å². The van der Waals surface area contributed by atoms with Crippen LogP contribution in [0, 0.1) is 0 Å². The van der Waals surface area contributed by atoms with Crippen LogP contribution in [0.4, 0.5) is 5.69 Å². The molecule has 51 heavy (non-hydrogen) atoms. The second kappa shape index (κ2) is 16.8. The maximum absolute atomic E-state index is 11.7. The lowest BCUT2D eigenvalue weighted by Gasteiger charge is -2.24. The standard InChI is InChI=1S/C37H36N2O9S3/c1-3-38(25-27-7-5-9-35(23-27)50(41,42)43)32-17-11-29(12-18-32)37(31-15-21-34(22-16-31)49-48-47-40)30-13-19-33(20-14-30)39(4-2)26-28-8-6-10-36(24-28)51(44,45)46/h5-24H,3-4,25-26H2,1-2H3,(H2-,40,41,42,43,44,45,46)/p+1. The van der Waals surface area contributed by atoms with Crippen molar-refractivity contribution in [3.05, 3.63) is 149 Å². The third-order valence-electron chi connectivity index (χ3n) is 8.25. The SMILES string of the molecule is CCN(Cc1cccc(S(=O)(=O)O)c1)c1ccc(C(=C2C=CC(=[N+](CC)Cc3cccc(S(=O)(=O)O)c3)C=C2)c2ccc(SOOO)cc2)cc1. The highest BCUT2D eigenvalue weighted by atomic mass is 32.2. The van der Waals surface area contributed by atoms with Gasteiger partial charge in [0.05, 0.1) is 21.8 Å². The molecule has 11 nitrogen and oxygen atoms in total. The molecule has 4 aromatic carbocycles. The number of nitrogens with zero attached hydrogens (tertiary/aromatic N) is 2. The van der Waals surface area contributed by atoms with Crippen molar-refractivity contribution in [2.24, 2.45) is 0 Å². The Morgan fingerprint density at radius 1 is 0.745 bits per heavy atom. The topological polar surface area (TPSA) is 154 Å². The number of benzene rings is 4. The highest BCUT2D eigenvalue weighted by Crippen LogP contribution is 2.33. The van der Waals surface area contributed by atoms with Gasteiger partial charge in [-0.2, -0.15) is 16.8 Å². The molecule has 14 heteroatoms. The van der Waals surface area contributed by atoms with Crippen molar-refractivity contribution in [1.82, 2.24) is 0 Å². The Morgan fingerprint density at radius 2 is 1.29 bits per heavy atom. The predicted molar refractivity (Wildman–Crippen MR) is 197 cm³/mol. The molecule has 0 saturated heterocycles. The number of hydrogen-bond donors (Lipinski definition) is 3. The Kier molecular flexibility index (Phi) is 12.4. The van der Waals surface area contributed by atoms with E-state index in [1.54, 1.807) is 12.1 Å². The molecule has 1 aliphatic rings. The van der Waals surface area contributed by atoms with Crippen LogP contribution < -0.4 is 4.90 Å². The zero-order chi connectivity index (χ0) is 36.6. The minimum atomic E-state index is -4.32. The molecule has 0 saturated carbocycles. The number of rotatable bonds is 14. The van der Waals surface area contributed by atoms with E-state index in [2.05, 4.69) is 18.8 Å². The van der Waals surface area contributed by atoms with E-state index in [1.807, 2.05) is 98.8 Å². The van der Waals surface area contributed by atoms with Crippen LogP contribution in [-0.4, -0.2) is 54.6 Å². The molecule has 0 bridgehead atoms. The summed E-state index contributed by atoms with van der Waals surface area (Å²) in [7, 11) is -8.63. The minimum Gasteiger partial charge on any atom is -0.367 e. The third kappa shape index (κ3) is 9.90. The smallest absolute Gasteiger partial charge is 0.294 e. The van der Waals surface area contributed by atoms with Gasteiger partial charge in [-0.25, -0.2) is 9.83 Å². The van der Waals surface area contributed by atoms with Crippen LogP contribution in [-0.2, 0) is 42.7 Å². The summed E-state index contributed by atoms with van der Waals surface area (Å²) in [6.45, 7) is 6.19. The first-order valence-electron chi connectivity index (χ1n) is 15.9. The molecule has 0 amide bonds. The lowest BCUT2D eigenvalue weighted by atomic mass is 9.90. The van der Waals surface area contributed by atoms with Crippen molar-refractivity contribution in [1.29, 1.82) is 0 Å². The van der Waals surface area contributed by atoms with Gasteiger partial charge in [0.25, 0.3) is 20.2 Å². The van der Waals surface area contributed by atoms with Gasteiger partial charge in [0.15, 0.2) is 12.3 Å². The minimum absolute atomic E-state index is 0.148. The van der Waals surface area contributed by atoms with E-state index in [4.69, 9.17) is 5.26 Å². The number of anilines is 1. The summed E-state index contributed by atoms with van der Waals surface area (Å²) >= 11 is 0.866. The van der Waals surface area contributed by atoms with Crippen molar-refractivity contribution in [2.45, 2.75) is 41.6 Å². The first kappa shape index (κ1) is 37.9. The molecule has 0 unspecified atom stereocenters. The zero-order valence-electron chi connectivity index (χ0n) is 27.8. The molecule has 0 spiro atoms. The molecule has 0 aromatic heterocycles. The Balaban J connectivity index is 1.48. The summed E-state index contributed by atoms with van der Waals surface area (Å²) in [5, 5.41) is 12.3. The third-order valence-corrected chi connectivity index (χ3v) is 10.5. The molecule has 0 atom stereocenters. The van der Waals surface area contributed by atoms with Gasteiger partial charge < -0.3 is 4.90 Å². The second-order valence-electron chi connectivity index (χ2n) is 11.5. The van der Waals surface area contributed by atoms with Gasteiger partial charge in [0, 0.05) is 41.4 Å². The van der Waals surface area contributed by atoms with Crippen molar-refractivity contribution >= 4 is 49.3 Å². The maximum Gasteiger partial charge on any atom is 0.294 e. The van der Waals surface area contributed by atoms with Gasteiger partial charge in [-0.05, 0) is 102 Å². The Morgan fingerprint density at radius 3 is 1.82 bits per heavy atom. The molecule has 0 fully saturated rings. The van der Waals surface area contributed by atoms with E-state index in [9.17, 15) is 25.9 Å². The molecule has 266 valence electrons. The van der Waals surface area contributed by atoms with Gasteiger partial charge in [-0.1, -0.05) is 53.6 Å². The van der Waals surface area contributed by atoms with Crippen LogP contribution in [0.5, 0.6) is 0 Å². The van der Waals surface area contributed by atoms with Gasteiger partial charge in [-0.15, -0.1) is 4.33 Å². The van der Waals surface area contributed by atoms with Gasteiger partial charge >= 0.3 is 0 Å². The highest BCUT2D eigenvalue weighted by molar-refractivity contribution is 7.94. The molecular weight excluding hydrogens is 713 g/mol. The predicted octanol–water partition coefficient (Wildman–Crippen LogP) is 7.24. The summed E-state index contributed by atoms with van der Waals surface area (Å²) in [5.41, 5.74) is 7.11. The highest BCUT2D eigenvalue weighted by Gasteiger charge is 2.18. The average molecular weight is 750 g/mol. The maximum atomic E-state index is 11.7. The van der Waals surface area contributed by atoms with Gasteiger partial charge in [-0.3, -0.25) is 9.11 Å². The summed E-state index contributed by atoms with van der Waals surface area (Å²) in [6, 6.07) is 28.2. The van der Waals surface area contributed by atoms with Gasteiger partial charge in [0.1, 0.15) is 6.54 Å². The molecule has 5 rings (SSSR count). The van der Waals surface area contributed by atoms with E-state index in [0.29, 0.717) is 31.1 Å². The summed E-state index contributed by atoms with van der Waals surface area (Å²) in [6.07, 6.45) is 8.08. The first-order chi connectivity index (χ1) is 24.4. The number of allylic oxidation sites excluding steroid dienone is 5. The quantitative estimate of drug-likeness (QED) is 0.0393. The Labute approximate surface area is 302 Å². The van der Waals surface area contributed by atoms with Crippen LogP contribution >= 0.6 is 12.0 Å². The fraction of sp³-hybridized carbons (Fsp3) is 0.162. The van der Waals surface area contributed by atoms with Crippen LogP contribution in [0.3, 0.4) is 0 Å². The van der Waals surface area contributed by atoms with E-state index in [-0.39, 0.29) is 9.79 Å². The first-order valence-corrected chi connectivity index (χ1v) is 19.5. The van der Waals surface area contributed by atoms with Gasteiger partial charge in [0.2, 0.25) is 0 Å². The van der Waals surface area contributed by atoms with Crippen molar-refractivity contribution in [3.63, 3.8) is 0 Å². The average Bonchev–Trinajstić information content (AvgIpc) is 3.13. The Hall–Kier alpha value is -4.38. The molecule has 0 radical (unpaired) electrons. The molecule has 1 aliphatic carbocycles. The van der Waals surface area contributed by atoms with E-state index in [1.165, 1.54) is 24.3 Å². The largest absolute Gasteiger partial charge is 0.367 e. The lowest BCUT2D eigenvalue weighted by Crippen LogP contribution is -2.22. The monoisotopic (exact) mass is 749 g/mol. The zero-order valence-corrected chi connectivity index (χ0v) is 30.2. The van der Waals surface area contributed by atoms with Crippen LogP contribution in [0.2, 0.25) is 0 Å². The summed E-state index contributed by atoms with van der Waals surface area (Å²) < 4.78 is 72.4. The molecular formula is C37H37N2O9S3+. The molecule has 4 aromatic rings. The molecule has 3 N–H and O–H groups in total. The van der Waals surface area contributed by atoms with Crippen molar-refractivity contribution < 1.29 is 45.1 Å². The van der Waals surface area contributed by atoms with Crippen molar-refractivity contribution in [3.8, 4) is 0 Å². The fourth-order valence-electron chi connectivity index (χ4n) is 5.73. The van der Waals surface area contributed by atoms with Crippen molar-refractivity contribution in [2.75, 3.05) is 18.0 Å². The molecule has 0 aliphatic heterocycles. The summed E-state index contributed by atoms with van der Waals surface area (Å²) in [5.74, 6) is 0. The lowest BCUT2D eigenvalue weighted by molar-refractivity contribution is -0.539. The normalized spacial score (nSPS) is 13.0.